The first-order chi connectivity index (χ1) is 17.5. The third-order valence-corrected chi connectivity index (χ3v) is 9.03. The van der Waals surface area contributed by atoms with E-state index in [1.165, 1.54) is 22.0 Å². The van der Waals surface area contributed by atoms with Crippen LogP contribution >= 0.6 is 11.6 Å². The number of rotatable bonds is 8. The van der Waals surface area contributed by atoms with Crippen LogP contribution in [0.4, 0.5) is 23.1 Å². The third kappa shape index (κ3) is 5.83. The average Bonchev–Trinajstić information content (AvgIpc) is 3.22. The molecule has 37 heavy (non-hydrogen) atoms. The maximum absolute atomic E-state index is 12.8. The lowest BCUT2D eigenvalue weighted by Crippen LogP contribution is -2.29. The van der Waals surface area contributed by atoms with Gasteiger partial charge >= 0.3 is 0 Å². The Bertz CT molecular complexity index is 1380. The molecule has 4 rings (SSSR count). The molecule has 0 saturated carbocycles. The summed E-state index contributed by atoms with van der Waals surface area (Å²) in [6.07, 6.45) is 5.27. The molecule has 0 aliphatic carbocycles. The van der Waals surface area contributed by atoms with Gasteiger partial charge in [-0.15, -0.1) is 0 Å². The molecule has 1 saturated heterocycles. The van der Waals surface area contributed by atoms with Gasteiger partial charge in [-0.1, -0.05) is 11.6 Å². The predicted molar refractivity (Wildman–Crippen MR) is 146 cm³/mol. The van der Waals surface area contributed by atoms with Crippen molar-refractivity contribution in [2.45, 2.75) is 49.8 Å². The van der Waals surface area contributed by atoms with Crippen LogP contribution in [0.25, 0.3) is 0 Å². The fourth-order valence-corrected chi connectivity index (χ4v) is 5.72. The second-order valence-corrected chi connectivity index (χ2v) is 12.6. The van der Waals surface area contributed by atoms with E-state index in [0.29, 0.717) is 17.4 Å². The second kappa shape index (κ2) is 10.8. The number of piperidine rings is 1. The SMILES string of the molecule is COc1cc(C2CCN(C)CC2)c(C)cc1Nc1ncc(Cl)c(Nc2cn(C)nc2S(=O)(=O)C(C)C)n1. The maximum Gasteiger partial charge on any atom is 0.229 e. The zero-order valence-corrected chi connectivity index (χ0v) is 23.6. The van der Waals surface area contributed by atoms with Crippen LogP contribution in [0.15, 0.2) is 29.6 Å². The minimum absolute atomic E-state index is 0.0593. The zero-order chi connectivity index (χ0) is 26.9. The summed E-state index contributed by atoms with van der Waals surface area (Å²) < 4.78 is 32.7. The molecule has 12 heteroatoms. The van der Waals surface area contributed by atoms with E-state index in [1.807, 2.05) is 6.07 Å². The van der Waals surface area contributed by atoms with E-state index in [-0.39, 0.29) is 21.8 Å². The summed E-state index contributed by atoms with van der Waals surface area (Å²) in [5, 5.41) is 9.95. The van der Waals surface area contributed by atoms with Crippen LogP contribution < -0.4 is 15.4 Å². The van der Waals surface area contributed by atoms with Crippen LogP contribution in [0, 0.1) is 6.92 Å². The molecule has 0 unspecified atom stereocenters. The van der Waals surface area contributed by atoms with Gasteiger partial charge in [0.15, 0.2) is 5.82 Å². The number of aromatic nitrogens is 4. The number of likely N-dealkylation sites (tertiary alicyclic amines) is 1. The Kier molecular flexibility index (Phi) is 7.96. The van der Waals surface area contributed by atoms with E-state index in [9.17, 15) is 8.42 Å². The molecule has 1 aromatic carbocycles. The lowest BCUT2D eigenvalue weighted by molar-refractivity contribution is 0.255. The molecule has 2 N–H and O–H groups in total. The first-order valence-corrected chi connectivity index (χ1v) is 14.1. The highest BCUT2D eigenvalue weighted by Crippen LogP contribution is 2.37. The standard InChI is InChI=1S/C25H34ClN7O3S/c1-15(2)37(34,35)24-21(14-33(5)31-24)28-23-19(26)13-27-25(30-23)29-20-11-16(3)18(12-22(20)36-6)17-7-9-32(4)10-8-17/h11-15,17H,7-10H2,1-6H3,(H2,27,28,29,30). The van der Waals surface area contributed by atoms with Gasteiger partial charge in [-0.3, -0.25) is 4.68 Å². The summed E-state index contributed by atoms with van der Waals surface area (Å²) in [6, 6.07) is 4.15. The quantitative estimate of drug-likeness (QED) is 0.415. The van der Waals surface area contributed by atoms with Crippen molar-refractivity contribution in [3.8, 4) is 5.75 Å². The highest BCUT2D eigenvalue weighted by atomic mass is 35.5. The normalized spacial score (nSPS) is 15.2. The van der Waals surface area contributed by atoms with Crippen LogP contribution in [0.5, 0.6) is 5.75 Å². The monoisotopic (exact) mass is 547 g/mol. The summed E-state index contributed by atoms with van der Waals surface area (Å²) >= 11 is 6.37. The number of nitrogens with one attached hydrogen (secondary N) is 2. The van der Waals surface area contributed by atoms with Gasteiger partial charge in [0.25, 0.3) is 0 Å². The summed E-state index contributed by atoms with van der Waals surface area (Å²) in [7, 11) is 1.83. The fraction of sp³-hybridized carbons (Fsp3) is 0.480. The number of sulfone groups is 1. The molecule has 3 aromatic rings. The first kappa shape index (κ1) is 27.2. The smallest absolute Gasteiger partial charge is 0.229 e. The highest BCUT2D eigenvalue weighted by Gasteiger charge is 2.27. The van der Waals surface area contributed by atoms with Gasteiger partial charge in [-0.25, -0.2) is 13.4 Å². The Hall–Kier alpha value is -2.89. The predicted octanol–water partition coefficient (Wildman–Crippen LogP) is 4.66. The first-order valence-electron chi connectivity index (χ1n) is 12.2. The number of methoxy groups -OCH3 is 1. The van der Waals surface area contributed by atoms with Crippen LogP contribution in [0.1, 0.15) is 43.7 Å². The van der Waals surface area contributed by atoms with Crippen LogP contribution in [0.2, 0.25) is 5.02 Å². The van der Waals surface area contributed by atoms with Gasteiger partial charge in [0.1, 0.15) is 10.8 Å². The van der Waals surface area contributed by atoms with Crippen molar-refractivity contribution in [3.63, 3.8) is 0 Å². The van der Waals surface area contributed by atoms with E-state index in [1.54, 1.807) is 34.2 Å². The number of aryl methyl sites for hydroxylation is 2. The Balaban J connectivity index is 1.61. The van der Waals surface area contributed by atoms with Crippen LogP contribution in [-0.4, -0.2) is 65.6 Å². The van der Waals surface area contributed by atoms with E-state index in [4.69, 9.17) is 16.3 Å². The average molecular weight is 548 g/mol. The van der Waals surface area contributed by atoms with Crippen LogP contribution in [0.3, 0.4) is 0 Å². The Morgan fingerprint density at radius 3 is 2.49 bits per heavy atom. The molecule has 0 amide bonds. The lowest BCUT2D eigenvalue weighted by Gasteiger charge is -2.30. The molecule has 10 nitrogen and oxygen atoms in total. The largest absolute Gasteiger partial charge is 0.495 e. The van der Waals surface area contributed by atoms with E-state index < -0.39 is 15.1 Å². The summed E-state index contributed by atoms with van der Waals surface area (Å²) in [5.74, 6) is 1.74. The molecule has 1 aliphatic heterocycles. The van der Waals surface area contributed by atoms with Crippen molar-refractivity contribution in [3.05, 3.63) is 40.7 Å². The Morgan fingerprint density at radius 1 is 1.14 bits per heavy atom. The molecule has 200 valence electrons. The molecule has 0 bridgehead atoms. The Morgan fingerprint density at radius 2 is 1.84 bits per heavy atom. The van der Waals surface area contributed by atoms with E-state index in [0.717, 1.165) is 31.6 Å². The number of anilines is 4. The van der Waals surface area contributed by atoms with Gasteiger partial charge in [0.2, 0.25) is 20.8 Å². The van der Waals surface area contributed by atoms with Gasteiger partial charge < -0.3 is 20.3 Å². The summed E-state index contributed by atoms with van der Waals surface area (Å²) in [5.41, 5.74) is 3.49. The van der Waals surface area contributed by atoms with E-state index in [2.05, 4.69) is 50.6 Å². The molecule has 1 aliphatic rings. The summed E-state index contributed by atoms with van der Waals surface area (Å²) in [6.45, 7) is 7.49. The third-order valence-electron chi connectivity index (χ3n) is 6.68. The van der Waals surface area contributed by atoms with Crippen molar-refractivity contribution in [1.29, 1.82) is 0 Å². The lowest BCUT2D eigenvalue weighted by atomic mass is 9.86. The number of hydrogen-bond donors (Lipinski definition) is 2. The topological polar surface area (TPSA) is 114 Å². The van der Waals surface area contributed by atoms with Crippen molar-refractivity contribution >= 4 is 44.6 Å². The van der Waals surface area contributed by atoms with Crippen LogP contribution in [-0.2, 0) is 16.9 Å². The van der Waals surface area contributed by atoms with Gasteiger partial charge in [-0.05, 0) is 82.9 Å². The zero-order valence-electron chi connectivity index (χ0n) is 22.0. The van der Waals surface area contributed by atoms with Gasteiger partial charge in [0.05, 0.1) is 29.9 Å². The molecule has 1 fully saturated rings. The molecular weight excluding hydrogens is 514 g/mol. The number of hydrogen-bond acceptors (Lipinski definition) is 9. The van der Waals surface area contributed by atoms with Crippen molar-refractivity contribution in [1.82, 2.24) is 24.6 Å². The van der Waals surface area contributed by atoms with Crippen molar-refractivity contribution in [2.24, 2.45) is 7.05 Å². The molecule has 0 radical (unpaired) electrons. The van der Waals surface area contributed by atoms with Gasteiger partial charge in [0, 0.05) is 13.2 Å². The minimum atomic E-state index is -3.62. The van der Waals surface area contributed by atoms with Gasteiger partial charge in [-0.2, -0.15) is 10.1 Å². The number of nitrogens with zero attached hydrogens (tertiary/aromatic N) is 5. The van der Waals surface area contributed by atoms with Crippen molar-refractivity contribution in [2.75, 3.05) is 37.9 Å². The van der Waals surface area contributed by atoms with E-state index >= 15 is 0 Å². The number of benzene rings is 1. The highest BCUT2D eigenvalue weighted by molar-refractivity contribution is 7.92. The number of halogens is 1. The Labute approximate surface area is 223 Å². The fourth-order valence-electron chi connectivity index (χ4n) is 4.48. The number of ether oxygens (including phenoxy) is 1. The maximum atomic E-state index is 12.8. The second-order valence-electron chi connectivity index (χ2n) is 9.74. The molecule has 0 spiro atoms. The molecule has 3 heterocycles. The molecule has 0 atom stereocenters. The summed E-state index contributed by atoms with van der Waals surface area (Å²) in [4.78, 5) is 11.2. The van der Waals surface area contributed by atoms with Crippen molar-refractivity contribution < 1.29 is 13.2 Å². The molecular formula is C25H34ClN7O3S. The molecule has 2 aromatic heterocycles. The minimum Gasteiger partial charge on any atom is -0.495 e.